The number of urea groups is 1. The second kappa shape index (κ2) is 9.73. The van der Waals surface area contributed by atoms with Crippen molar-refractivity contribution < 1.29 is 14.7 Å². The van der Waals surface area contributed by atoms with Gasteiger partial charge < -0.3 is 15.7 Å². The Morgan fingerprint density at radius 2 is 1.90 bits per heavy atom. The number of β-amino-alcohol motifs (C(OH)–C–C–N with tert-alkyl or cyclic N) is 1. The van der Waals surface area contributed by atoms with E-state index in [4.69, 9.17) is 5.73 Å². The average molecular weight is 411 g/mol. The zero-order chi connectivity index (χ0) is 21.7. The lowest BCUT2D eigenvalue weighted by Crippen LogP contribution is -2.39. The van der Waals surface area contributed by atoms with Gasteiger partial charge in [-0.25, -0.2) is 4.79 Å². The highest BCUT2D eigenvalue weighted by atomic mass is 16.3. The van der Waals surface area contributed by atoms with Crippen molar-refractivity contribution in [3.8, 4) is 0 Å². The fourth-order valence-electron chi connectivity index (χ4n) is 3.82. The SMILES string of the molecule is CN(C(N)=O)c1cccc(CC(=O)N(C)C(CN2CCC(O)C2)c2ccccc2)c1. The van der Waals surface area contributed by atoms with Crippen LogP contribution in [0.2, 0.25) is 0 Å². The molecule has 3 amide bonds. The molecule has 1 fully saturated rings. The van der Waals surface area contributed by atoms with Crippen molar-refractivity contribution in [2.75, 3.05) is 38.6 Å². The number of hydrogen-bond acceptors (Lipinski definition) is 4. The molecule has 0 saturated carbocycles. The first kappa shape index (κ1) is 21.8. The number of amides is 3. The molecule has 1 aliphatic heterocycles. The molecule has 2 aromatic rings. The fourth-order valence-corrected chi connectivity index (χ4v) is 3.82. The molecule has 0 aromatic heterocycles. The van der Waals surface area contributed by atoms with Crippen molar-refractivity contribution in [1.29, 1.82) is 0 Å². The fraction of sp³-hybridized carbons (Fsp3) is 0.391. The number of nitrogens with zero attached hydrogens (tertiary/aromatic N) is 3. The lowest BCUT2D eigenvalue weighted by Gasteiger charge is -2.32. The van der Waals surface area contributed by atoms with E-state index in [1.54, 1.807) is 18.0 Å². The van der Waals surface area contributed by atoms with Crippen molar-refractivity contribution in [2.45, 2.75) is 25.0 Å². The predicted octanol–water partition coefficient (Wildman–Crippen LogP) is 2.01. The van der Waals surface area contributed by atoms with Gasteiger partial charge in [-0.2, -0.15) is 0 Å². The highest BCUT2D eigenvalue weighted by molar-refractivity contribution is 5.90. The Hall–Kier alpha value is -2.90. The van der Waals surface area contributed by atoms with E-state index in [1.807, 2.05) is 55.6 Å². The number of aliphatic hydroxyl groups is 1. The van der Waals surface area contributed by atoms with Crippen LogP contribution in [-0.2, 0) is 11.2 Å². The Morgan fingerprint density at radius 3 is 2.53 bits per heavy atom. The summed E-state index contributed by atoms with van der Waals surface area (Å²) in [6, 6.07) is 16.6. The van der Waals surface area contributed by atoms with Gasteiger partial charge in [0, 0.05) is 39.4 Å². The maximum absolute atomic E-state index is 13.1. The summed E-state index contributed by atoms with van der Waals surface area (Å²) in [5, 5.41) is 9.88. The molecular weight excluding hydrogens is 380 g/mol. The standard InChI is InChI=1S/C23H30N4O3/c1-25(23(24)30)19-10-6-7-17(13-19)14-22(29)26(2)21(18-8-4-3-5-9-18)16-27-12-11-20(28)15-27/h3-10,13,20-21,28H,11-12,14-16H2,1-2H3,(H2,24,30). The minimum absolute atomic E-state index is 0.0116. The number of primary amides is 1. The lowest BCUT2D eigenvalue weighted by molar-refractivity contribution is -0.131. The van der Waals surface area contributed by atoms with E-state index in [-0.39, 0.29) is 24.5 Å². The van der Waals surface area contributed by atoms with E-state index >= 15 is 0 Å². The van der Waals surface area contributed by atoms with Crippen LogP contribution in [-0.4, -0.2) is 66.7 Å². The van der Waals surface area contributed by atoms with Crippen LogP contribution in [0.1, 0.15) is 23.6 Å². The highest BCUT2D eigenvalue weighted by Crippen LogP contribution is 2.24. The van der Waals surface area contributed by atoms with Gasteiger partial charge in [0.25, 0.3) is 0 Å². The number of nitrogens with two attached hydrogens (primary N) is 1. The van der Waals surface area contributed by atoms with Gasteiger partial charge in [0.15, 0.2) is 0 Å². The van der Waals surface area contributed by atoms with Crippen LogP contribution in [0.15, 0.2) is 54.6 Å². The molecule has 7 heteroatoms. The minimum atomic E-state index is -0.549. The summed E-state index contributed by atoms with van der Waals surface area (Å²) < 4.78 is 0. The van der Waals surface area contributed by atoms with Gasteiger partial charge in [-0.05, 0) is 29.7 Å². The molecule has 1 heterocycles. The Balaban J connectivity index is 1.75. The Bertz CT molecular complexity index is 874. The number of rotatable bonds is 7. The molecular formula is C23H30N4O3. The number of hydrogen-bond donors (Lipinski definition) is 2. The third-order valence-electron chi connectivity index (χ3n) is 5.71. The van der Waals surface area contributed by atoms with Gasteiger partial charge in [0.05, 0.1) is 18.6 Å². The summed E-state index contributed by atoms with van der Waals surface area (Å²) >= 11 is 0. The zero-order valence-electron chi connectivity index (χ0n) is 17.6. The van der Waals surface area contributed by atoms with E-state index in [0.717, 1.165) is 24.1 Å². The van der Waals surface area contributed by atoms with Gasteiger partial charge in [-0.3, -0.25) is 14.6 Å². The number of carbonyl (C=O) groups excluding carboxylic acids is 2. The summed E-state index contributed by atoms with van der Waals surface area (Å²) in [6.07, 6.45) is 0.690. The molecule has 30 heavy (non-hydrogen) atoms. The molecule has 160 valence electrons. The quantitative estimate of drug-likeness (QED) is 0.731. The predicted molar refractivity (Wildman–Crippen MR) is 117 cm³/mol. The molecule has 0 aliphatic carbocycles. The third kappa shape index (κ3) is 5.37. The first-order valence-electron chi connectivity index (χ1n) is 10.2. The largest absolute Gasteiger partial charge is 0.392 e. The summed E-state index contributed by atoms with van der Waals surface area (Å²) in [5.74, 6) is -0.0116. The average Bonchev–Trinajstić information content (AvgIpc) is 3.16. The van der Waals surface area contributed by atoms with Crippen LogP contribution in [0.5, 0.6) is 0 Å². The maximum atomic E-state index is 13.1. The van der Waals surface area contributed by atoms with Crippen LogP contribution < -0.4 is 10.6 Å². The summed E-state index contributed by atoms with van der Waals surface area (Å²) in [7, 11) is 3.43. The van der Waals surface area contributed by atoms with Crippen molar-refractivity contribution in [3.63, 3.8) is 0 Å². The Kier molecular flexibility index (Phi) is 7.07. The molecule has 0 bridgehead atoms. The van der Waals surface area contributed by atoms with Gasteiger partial charge in [0.2, 0.25) is 5.91 Å². The molecule has 0 spiro atoms. The van der Waals surface area contributed by atoms with Gasteiger partial charge in [0.1, 0.15) is 0 Å². The van der Waals surface area contributed by atoms with Crippen LogP contribution in [0.25, 0.3) is 0 Å². The normalized spacial score (nSPS) is 17.5. The molecule has 3 rings (SSSR count). The van der Waals surface area contributed by atoms with Crippen LogP contribution in [0, 0.1) is 0 Å². The van der Waals surface area contributed by atoms with Crippen molar-refractivity contribution in [2.24, 2.45) is 5.73 Å². The number of anilines is 1. The molecule has 7 nitrogen and oxygen atoms in total. The molecule has 1 aliphatic rings. The van der Waals surface area contributed by atoms with Crippen LogP contribution in [0.3, 0.4) is 0 Å². The molecule has 2 unspecified atom stereocenters. The Labute approximate surface area is 177 Å². The van der Waals surface area contributed by atoms with Crippen molar-refractivity contribution in [1.82, 2.24) is 9.80 Å². The smallest absolute Gasteiger partial charge is 0.318 e. The van der Waals surface area contributed by atoms with Gasteiger partial charge >= 0.3 is 6.03 Å². The second-order valence-corrected chi connectivity index (χ2v) is 7.88. The Morgan fingerprint density at radius 1 is 1.17 bits per heavy atom. The molecule has 2 aromatic carbocycles. The van der Waals surface area contributed by atoms with Crippen LogP contribution in [0.4, 0.5) is 10.5 Å². The molecule has 1 saturated heterocycles. The second-order valence-electron chi connectivity index (χ2n) is 7.88. The highest BCUT2D eigenvalue weighted by Gasteiger charge is 2.28. The van der Waals surface area contributed by atoms with E-state index in [0.29, 0.717) is 18.8 Å². The van der Waals surface area contributed by atoms with Crippen molar-refractivity contribution >= 4 is 17.6 Å². The first-order valence-corrected chi connectivity index (χ1v) is 10.2. The summed E-state index contributed by atoms with van der Waals surface area (Å²) in [6.45, 7) is 2.13. The zero-order valence-corrected chi connectivity index (χ0v) is 17.6. The summed E-state index contributed by atoms with van der Waals surface area (Å²) in [4.78, 5) is 29.9. The number of carbonyl (C=O) groups is 2. The van der Waals surface area contributed by atoms with E-state index in [2.05, 4.69) is 4.90 Å². The van der Waals surface area contributed by atoms with E-state index < -0.39 is 6.03 Å². The third-order valence-corrected chi connectivity index (χ3v) is 5.71. The number of aliphatic hydroxyl groups excluding tert-OH is 1. The van der Waals surface area contributed by atoms with Gasteiger partial charge in [-0.15, -0.1) is 0 Å². The molecule has 0 radical (unpaired) electrons. The number of likely N-dealkylation sites (N-methyl/N-ethyl adjacent to an activating group) is 1. The van der Waals surface area contributed by atoms with Crippen molar-refractivity contribution in [3.05, 3.63) is 65.7 Å². The van der Waals surface area contributed by atoms with Gasteiger partial charge in [-0.1, -0.05) is 42.5 Å². The summed E-state index contributed by atoms with van der Waals surface area (Å²) in [5.41, 5.74) is 7.89. The molecule has 3 N–H and O–H groups in total. The molecule has 2 atom stereocenters. The first-order chi connectivity index (χ1) is 14.3. The van der Waals surface area contributed by atoms with E-state index in [9.17, 15) is 14.7 Å². The monoisotopic (exact) mass is 410 g/mol. The number of likely N-dealkylation sites (tertiary alicyclic amines) is 1. The van der Waals surface area contributed by atoms with E-state index in [1.165, 1.54) is 4.90 Å². The lowest BCUT2D eigenvalue weighted by atomic mass is 10.0. The maximum Gasteiger partial charge on any atom is 0.318 e. The topological polar surface area (TPSA) is 90.1 Å². The van der Waals surface area contributed by atoms with Crippen LogP contribution >= 0.6 is 0 Å². The minimum Gasteiger partial charge on any atom is -0.392 e. The number of benzene rings is 2.